The fraction of sp³-hybridized carbons (Fsp3) is 0.417. The molecule has 1 aliphatic carbocycles. The van der Waals surface area contributed by atoms with E-state index in [1.807, 2.05) is 0 Å². The minimum atomic E-state index is -2.76. The summed E-state index contributed by atoms with van der Waals surface area (Å²) in [6.45, 7) is 0. The van der Waals surface area contributed by atoms with Crippen molar-refractivity contribution in [2.45, 2.75) is 24.7 Å². The molecule has 2 rings (SSSR count). The van der Waals surface area contributed by atoms with Crippen LogP contribution in [0.4, 0.5) is 8.78 Å². The second-order valence-corrected chi connectivity index (χ2v) is 4.40. The third kappa shape index (κ3) is 2.23. The van der Waals surface area contributed by atoms with Crippen molar-refractivity contribution in [2.24, 2.45) is 5.92 Å². The number of phenols is 1. The second kappa shape index (κ2) is 3.98. The van der Waals surface area contributed by atoms with Crippen LogP contribution in [-0.4, -0.2) is 22.1 Å². The number of hydrogen-bond donors (Lipinski definition) is 2. The van der Waals surface area contributed by atoms with Crippen molar-refractivity contribution in [2.75, 3.05) is 0 Å². The number of aromatic hydroxyl groups is 1. The van der Waals surface area contributed by atoms with E-state index in [2.05, 4.69) is 0 Å². The minimum Gasteiger partial charge on any atom is -0.508 e. The number of halogens is 2. The molecule has 3 nitrogen and oxygen atoms in total. The molecule has 1 aromatic rings. The summed E-state index contributed by atoms with van der Waals surface area (Å²) in [5.74, 6) is -5.77. The molecule has 2 N–H and O–H groups in total. The molecule has 1 fully saturated rings. The summed E-state index contributed by atoms with van der Waals surface area (Å²) in [6, 6.07) is 5.97. The van der Waals surface area contributed by atoms with Crippen LogP contribution < -0.4 is 0 Å². The number of para-hydroxylation sites is 1. The number of alkyl halides is 2. The Hall–Kier alpha value is -1.65. The van der Waals surface area contributed by atoms with Gasteiger partial charge in [0.2, 0.25) is 5.92 Å². The average Bonchev–Trinajstić information content (AvgIpc) is 2.18. The van der Waals surface area contributed by atoms with Crippen molar-refractivity contribution < 1.29 is 23.8 Å². The molecule has 0 bridgehead atoms. The molecule has 1 atom stereocenters. The molecule has 0 spiro atoms. The first-order valence-electron chi connectivity index (χ1n) is 5.29. The minimum absolute atomic E-state index is 0.157. The summed E-state index contributed by atoms with van der Waals surface area (Å²) in [6.07, 6.45) is -0.864. The first-order chi connectivity index (χ1) is 7.91. The number of phenolic OH excluding ortho intramolecular Hbond substituents is 1. The SMILES string of the molecule is O=C(O)C(c1ccccc1O)C1CC(F)(F)C1. The molecule has 17 heavy (non-hydrogen) atoms. The van der Waals surface area contributed by atoms with E-state index in [-0.39, 0.29) is 11.3 Å². The highest BCUT2D eigenvalue weighted by atomic mass is 19.3. The highest BCUT2D eigenvalue weighted by Crippen LogP contribution is 2.50. The average molecular weight is 242 g/mol. The lowest BCUT2D eigenvalue weighted by atomic mass is 9.70. The van der Waals surface area contributed by atoms with Gasteiger partial charge in [0, 0.05) is 18.4 Å². The number of aliphatic carboxylic acids is 1. The van der Waals surface area contributed by atoms with E-state index in [0.29, 0.717) is 0 Å². The third-order valence-corrected chi connectivity index (χ3v) is 3.13. The maximum Gasteiger partial charge on any atom is 0.311 e. The summed E-state index contributed by atoms with van der Waals surface area (Å²) >= 11 is 0. The Balaban J connectivity index is 2.26. The normalized spacial score (nSPS) is 20.6. The smallest absolute Gasteiger partial charge is 0.311 e. The van der Waals surface area contributed by atoms with Gasteiger partial charge >= 0.3 is 5.97 Å². The number of carboxylic acids is 1. The molecule has 5 heteroatoms. The molecular weight excluding hydrogens is 230 g/mol. The quantitative estimate of drug-likeness (QED) is 0.856. The van der Waals surface area contributed by atoms with Gasteiger partial charge in [-0.2, -0.15) is 0 Å². The second-order valence-electron chi connectivity index (χ2n) is 4.40. The zero-order chi connectivity index (χ0) is 12.6. The summed E-state index contributed by atoms with van der Waals surface area (Å²) in [5, 5.41) is 18.7. The Bertz CT molecular complexity index is 437. The maximum atomic E-state index is 12.8. The van der Waals surface area contributed by atoms with Gasteiger partial charge in [0.25, 0.3) is 0 Å². The van der Waals surface area contributed by atoms with Crippen molar-refractivity contribution in [3.63, 3.8) is 0 Å². The van der Waals surface area contributed by atoms with E-state index in [4.69, 9.17) is 5.11 Å². The van der Waals surface area contributed by atoms with Crippen molar-refractivity contribution in [1.82, 2.24) is 0 Å². The first-order valence-corrected chi connectivity index (χ1v) is 5.29. The van der Waals surface area contributed by atoms with Gasteiger partial charge in [-0.1, -0.05) is 18.2 Å². The lowest BCUT2D eigenvalue weighted by Crippen LogP contribution is -2.41. The summed E-state index contributed by atoms with van der Waals surface area (Å²) < 4.78 is 25.5. The van der Waals surface area contributed by atoms with Crippen LogP contribution in [0.15, 0.2) is 24.3 Å². The van der Waals surface area contributed by atoms with E-state index in [1.165, 1.54) is 12.1 Å². The molecule has 0 radical (unpaired) electrons. The number of hydrogen-bond acceptors (Lipinski definition) is 2. The van der Waals surface area contributed by atoms with Crippen LogP contribution in [0.25, 0.3) is 0 Å². The van der Waals surface area contributed by atoms with Gasteiger partial charge in [-0.25, -0.2) is 8.78 Å². The first kappa shape index (κ1) is 11.8. The molecule has 0 aromatic heterocycles. The summed E-state index contributed by atoms with van der Waals surface area (Å²) in [5.41, 5.74) is 0.209. The van der Waals surface area contributed by atoms with E-state index < -0.39 is 36.6 Å². The molecule has 0 heterocycles. The molecule has 1 aliphatic rings. The molecule has 1 unspecified atom stereocenters. The predicted molar refractivity (Wildman–Crippen MR) is 56.2 cm³/mol. The van der Waals surface area contributed by atoms with Gasteiger partial charge < -0.3 is 10.2 Å². The molecule has 0 aliphatic heterocycles. The van der Waals surface area contributed by atoms with E-state index in [9.17, 15) is 18.7 Å². The zero-order valence-corrected chi connectivity index (χ0v) is 8.94. The van der Waals surface area contributed by atoms with Crippen LogP contribution in [0.3, 0.4) is 0 Å². The lowest BCUT2D eigenvalue weighted by molar-refractivity contribution is -0.151. The maximum absolute atomic E-state index is 12.8. The monoisotopic (exact) mass is 242 g/mol. The number of benzene rings is 1. The Morgan fingerprint density at radius 2 is 1.94 bits per heavy atom. The molecular formula is C12H12F2O3. The van der Waals surface area contributed by atoms with Crippen molar-refractivity contribution in [3.05, 3.63) is 29.8 Å². The van der Waals surface area contributed by atoms with Gasteiger partial charge in [0.15, 0.2) is 0 Å². The van der Waals surface area contributed by atoms with Crippen molar-refractivity contribution >= 4 is 5.97 Å². The Labute approximate surface area is 96.7 Å². The number of carboxylic acid groups (broad SMARTS) is 1. The summed E-state index contributed by atoms with van der Waals surface area (Å²) in [4.78, 5) is 11.1. The lowest BCUT2D eigenvalue weighted by Gasteiger charge is -2.38. The Morgan fingerprint density at radius 1 is 1.35 bits per heavy atom. The van der Waals surface area contributed by atoms with Crippen LogP contribution in [0.1, 0.15) is 24.3 Å². The summed E-state index contributed by atoms with van der Waals surface area (Å²) in [7, 11) is 0. The molecule has 1 saturated carbocycles. The molecule has 1 aromatic carbocycles. The van der Waals surface area contributed by atoms with E-state index in [0.717, 1.165) is 0 Å². The highest BCUT2D eigenvalue weighted by Gasteiger charge is 2.51. The topological polar surface area (TPSA) is 57.5 Å². The van der Waals surface area contributed by atoms with Crippen LogP contribution in [-0.2, 0) is 4.79 Å². The molecule has 0 saturated heterocycles. The molecule has 92 valence electrons. The van der Waals surface area contributed by atoms with Gasteiger partial charge in [-0.3, -0.25) is 4.79 Å². The standard InChI is InChI=1S/C12H12F2O3/c13-12(14)5-7(6-12)10(11(16)17)8-3-1-2-4-9(8)15/h1-4,7,10,15H,5-6H2,(H,16,17). The fourth-order valence-corrected chi connectivity index (χ4v) is 2.28. The van der Waals surface area contributed by atoms with Gasteiger partial charge in [0.1, 0.15) is 5.75 Å². The van der Waals surface area contributed by atoms with Crippen LogP contribution in [0.2, 0.25) is 0 Å². The van der Waals surface area contributed by atoms with E-state index in [1.54, 1.807) is 12.1 Å². The van der Waals surface area contributed by atoms with Crippen molar-refractivity contribution in [1.29, 1.82) is 0 Å². The predicted octanol–water partition coefficient (Wildman–Crippen LogP) is 2.61. The zero-order valence-electron chi connectivity index (χ0n) is 8.94. The fourth-order valence-electron chi connectivity index (χ4n) is 2.28. The van der Waals surface area contributed by atoms with Gasteiger partial charge in [0.05, 0.1) is 5.92 Å². The molecule has 0 amide bonds. The number of rotatable bonds is 3. The van der Waals surface area contributed by atoms with Crippen LogP contribution in [0.5, 0.6) is 5.75 Å². The highest BCUT2D eigenvalue weighted by molar-refractivity contribution is 5.77. The van der Waals surface area contributed by atoms with E-state index >= 15 is 0 Å². The van der Waals surface area contributed by atoms with Crippen LogP contribution >= 0.6 is 0 Å². The number of carbonyl (C=O) groups is 1. The van der Waals surface area contributed by atoms with Gasteiger partial charge in [-0.15, -0.1) is 0 Å². The third-order valence-electron chi connectivity index (χ3n) is 3.13. The largest absolute Gasteiger partial charge is 0.508 e. The Morgan fingerprint density at radius 3 is 2.41 bits per heavy atom. The van der Waals surface area contributed by atoms with Gasteiger partial charge in [-0.05, 0) is 12.0 Å². The van der Waals surface area contributed by atoms with Crippen LogP contribution in [0, 0.1) is 5.92 Å². The van der Waals surface area contributed by atoms with Crippen molar-refractivity contribution in [3.8, 4) is 5.75 Å². The Kier molecular flexibility index (Phi) is 2.77.